The van der Waals surface area contributed by atoms with E-state index in [1.807, 2.05) is 0 Å². The molecule has 0 bridgehead atoms. The number of rotatable bonds is 5. The van der Waals surface area contributed by atoms with Crippen molar-refractivity contribution in [1.82, 2.24) is 9.55 Å². The SMILES string of the molecule is CCCCn1c(C2CC2)nc(-c2c(C)cccc2C)c1N. The first kappa shape index (κ1) is 14.2. The van der Waals surface area contributed by atoms with Crippen LogP contribution < -0.4 is 5.73 Å². The van der Waals surface area contributed by atoms with Crippen LogP contribution in [0.4, 0.5) is 5.82 Å². The van der Waals surface area contributed by atoms with Crippen molar-refractivity contribution in [3.8, 4) is 11.3 Å². The van der Waals surface area contributed by atoms with Crippen molar-refractivity contribution in [2.75, 3.05) is 5.73 Å². The Morgan fingerprint density at radius 1 is 1.24 bits per heavy atom. The first-order valence-electron chi connectivity index (χ1n) is 8.06. The molecule has 2 N–H and O–H groups in total. The molecule has 3 heteroatoms. The van der Waals surface area contributed by atoms with Crippen LogP contribution >= 0.6 is 0 Å². The minimum Gasteiger partial charge on any atom is -0.383 e. The van der Waals surface area contributed by atoms with Gasteiger partial charge in [-0.2, -0.15) is 0 Å². The molecule has 1 saturated carbocycles. The summed E-state index contributed by atoms with van der Waals surface area (Å²) < 4.78 is 2.27. The average Bonchev–Trinajstić information content (AvgIpc) is 3.24. The molecule has 112 valence electrons. The Hall–Kier alpha value is -1.77. The average molecular weight is 283 g/mol. The van der Waals surface area contributed by atoms with E-state index in [1.54, 1.807) is 0 Å². The summed E-state index contributed by atoms with van der Waals surface area (Å²) in [6, 6.07) is 6.38. The number of hydrogen-bond acceptors (Lipinski definition) is 2. The van der Waals surface area contributed by atoms with Crippen LogP contribution in [-0.4, -0.2) is 9.55 Å². The summed E-state index contributed by atoms with van der Waals surface area (Å²) in [4.78, 5) is 4.95. The van der Waals surface area contributed by atoms with Crippen LogP contribution in [0.5, 0.6) is 0 Å². The summed E-state index contributed by atoms with van der Waals surface area (Å²) in [6.07, 6.45) is 4.86. The van der Waals surface area contributed by atoms with Crippen LogP contribution in [0.1, 0.15) is 55.5 Å². The maximum atomic E-state index is 6.48. The van der Waals surface area contributed by atoms with E-state index in [1.165, 1.54) is 41.8 Å². The molecule has 1 aliphatic rings. The fourth-order valence-electron chi connectivity index (χ4n) is 3.06. The Balaban J connectivity index is 2.11. The molecule has 0 radical (unpaired) electrons. The zero-order chi connectivity index (χ0) is 15.0. The van der Waals surface area contributed by atoms with E-state index in [0.29, 0.717) is 5.92 Å². The van der Waals surface area contributed by atoms with E-state index in [4.69, 9.17) is 10.7 Å². The number of nitrogens with zero attached hydrogens (tertiary/aromatic N) is 2. The van der Waals surface area contributed by atoms with Gasteiger partial charge in [-0.3, -0.25) is 0 Å². The zero-order valence-corrected chi connectivity index (χ0v) is 13.3. The van der Waals surface area contributed by atoms with E-state index in [-0.39, 0.29) is 0 Å². The van der Waals surface area contributed by atoms with Crippen LogP contribution in [0.15, 0.2) is 18.2 Å². The van der Waals surface area contributed by atoms with Crippen molar-refractivity contribution in [2.45, 2.75) is 58.9 Å². The largest absolute Gasteiger partial charge is 0.383 e. The zero-order valence-electron chi connectivity index (χ0n) is 13.3. The Kier molecular flexibility index (Phi) is 3.75. The standard InChI is InChI=1S/C18H25N3/c1-4-5-11-21-17(19)16(20-18(21)14-9-10-14)15-12(2)7-6-8-13(15)3/h6-8,14H,4-5,9-11,19H2,1-3H3. The monoisotopic (exact) mass is 283 g/mol. The second-order valence-electron chi connectivity index (χ2n) is 6.25. The van der Waals surface area contributed by atoms with Crippen molar-refractivity contribution in [3.63, 3.8) is 0 Å². The molecular formula is C18H25N3. The molecule has 1 aromatic carbocycles. The molecule has 1 aromatic heterocycles. The van der Waals surface area contributed by atoms with Gasteiger partial charge in [0.15, 0.2) is 0 Å². The van der Waals surface area contributed by atoms with Gasteiger partial charge in [-0.1, -0.05) is 31.5 Å². The molecule has 0 spiro atoms. The third-order valence-corrected chi connectivity index (χ3v) is 4.43. The molecule has 3 rings (SSSR count). The third-order valence-electron chi connectivity index (χ3n) is 4.43. The maximum Gasteiger partial charge on any atom is 0.131 e. The molecule has 0 saturated heterocycles. The summed E-state index contributed by atoms with van der Waals surface area (Å²) in [5, 5.41) is 0. The smallest absolute Gasteiger partial charge is 0.131 e. The van der Waals surface area contributed by atoms with Crippen molar-refractivity contribution < 1.29 is 0 Å². The number of imidazole rings is 1. The van der Waals surface area contributed by atoms with E-state index < -0.39 is 0 Å². The van der Waals surface area contributed by atoms with Crippen molar-refractivity contribution >= 4 is 5.82 Å². The molecule has 1 aliphatic carbocycles. The van der Waals surface area contributed by atoms with Gasteiger partial charge < -0.3 is 10.3 Å². The highest BCUT2D eigenvalue weighted by Gasteiger charge is 2.31. The summed E-state index contributed by atoms with van der Waals surface area (Å²) in [5.74, 6) is 2.68. The number of unbranched alkanes of at least 4 members (excludes halogenated alkanes) is 1. The summed E-state index contributed by atoms with van der Waals surface area (Å²) in [7, 11) is 0. The summed E-state index contributed by atoms with van der Waals surface area (Å²) >= 11 is 0. The van der Waals surface area contributed by atoms with Crippen molar-refractivity contribution in [1.29, 1.82) is 0 Å². The number of nitrogens with two attached hydrogens (primary N) is 1. The van der Waals surface area contributed by atoms with E-state index in [2.05, 4.69) is 43.5 Å². The van der Waals surface area contributed by atoms with Gasteiger partial charge in [0.1, 0.15) is 17.3 Å². The van der Waals surface area contributed by atoms with Crippen LogP contribution in [0.3, 0.4) is 0 Å². The predicted molar refractivity (Wildman–Crippen MR) is 88.4 cm³/mol. The lowest BCUT2D eigenvalue weighted by atomic mass is 10.00. The first-order valence-corrected chi connectivity index (χ1v) is 8.06. The van der Waals surface area contributed by atoms with E-state index in [9.17, 15) is 0 Å². The van der Waals surface area contributed by atoms with Crippen LogP contribution in [-0.2, 0) is 6.54 Å². The third kappa shape index (κ3) is 2.57. The number of hydrogen-bond donors (Lipinski definition) is 1. The highest BCUT2D eigenvalue weighted by molar-refractivity contribution is 5.76. The van der Waals surface area contributed by atoms with E-state index in [0.717, 1.165) is 24.5 Å². The highest BCUT2D eigenvalue weighted by Crippen LogP contribution is 2.43. The molecule has 0 atom stereocenters. The lowest BCUT2D eigenvalue weighted by Gasteiger charge is -2.10. The van der Waals surface area contributed by atoms with Gasteiger partial charge in [0, 0.05) is 18.0 Å². The Bertz CT molecular complexity index is 630. The Morgan fingerprint density at radius 3 is 2.48 bits per heavy atom. The minimum atomic E-state index is 0.627. The second kappa shape index (κ2) is 5.55. The normalized spacial score (nSPS) is 14.6. The molecule has 0 aliphatic heterocycles. The number of anilines is 1. The fraction of sp³-hybridized carbons (Fsp3) is 0.500. The number of aryl methyl sites for hydroxylation is 2. The van der Waals surface area contributed by atoms with Gasteiger partial charge >= 0.3 is 0 Å². The summed E-state index contributed by atoms with van der Waals surface area (Å²) in [5.41, 5.74) is 11.2. The number of benzene rings is 1. The number of aromatic nitrogens is 2. The molecule has 1 fully saturated rings. The van der Waals surface area contributed by atoms with Crippen molar-refractivity contribution in [2.24, 2.45) is 0 Å². The predicted octanol–water partition coefficient (Wildman–Crippen LogP) is 4.43. The summed E-state index contributed by atoms with van der Waals surface area (Å²) in [6.45, 7) is 7.50. The molecule has 21 heavy (non-hydrogen) atoms. The lowest BCUT2D eigenvalue weighted by Crippen LogP contribution is -2.06. The quantitative estimate of drug-likeness (QED) is 0.882. The van der Waals surface area contributed by atoms with Crippen molar-refractivity contribution in [3.05, 3.63) is 35.2 Å². The molecule has 2 aromatic rings. The van der Waals surface area contributed by atoms with Crippen LogP contribution in [0.2, 0.25) is 0 Å². The molecule has 3 nitrogen and oxygen atoms in total. The fourth-order valence-corrected chi connectivity index (χ4v) is 3.06. The molecular weight excluding hydrogens is 258 g/mol. The van der Waals surface area contributed by atoms with Gasteiger partial charge in [0.25, 0.3) is 0 Å². The maximum absolute atomic E-state index is 6.48. The van der Waals surface area contributed by atoms with Gasteiger partial charge in [-0.05, 0) is 44.2 Å². The van der Waals surface area contributed by atoms with Crippen LogP contribution in [0, 0.1) is 13.8 Å². The molecule has 1 heterocycles. The Labute approximate surface area is 127 Å². The van der Waals surface area contributed by atoms with Gasteiger partial charge in [-0.25, -0.2) is 4.98 Å². The van der Waals surface area contributed by atoms with Gasteiger partial charge in [-0.15, -0.1) is 0 Å². The van der Waals surface area contributed by atoms with Gasteiger partial charge in [0.05, 0.1) is 0 Å². The second-order valence-corrected chi connectivity index (χ2v) is 6.25. The first-order chi connectivity index (χ1) is 10.1. The highest BCUT2D eigenvalue weighted by atomic mass is 15.1. The van der Waals surface area contributed by atoms with E-state index >= 15 is 0 Å². The lowest BCUT2D eigenvalue weighted by molar-refractivity contribution is 0.609. The Morgan fingerprint density at radius 2 is 1.90 bits per heavy atom. The number of nitrogen functional groups attached to an aromatic ring is 1. The van der Waals surface area contributed by atoms with Gasteiger partial charge in [0.2, 0.25) is 0 Å². The molecule has 0 amide bonds. The van der Waals surface area contributed by atoms with Crippen LogP contribution in [0.25, 0.3) is 11.3 Å². The minimum absolute atomic E-state index is 0.627. The topological polar surface area (TPSA) is 43.8 Å². The molecule has 0 unspecified atom stereocenters.